The Balaban J connectivity index is 2.50. The maximum atomic E-state index is 12.1. The maximum absolute atomic E-state index is 12.1. The first-order valence-electron chi connectivity index (χ1n) is 6.71. The van der Waals surface area contributed by atoms with Crippen molar-refractivity contribution in [3.63, 3.8) is 0 Å². The number of rotatable bonds is 4. The Hall–Kier alpha value is -1.30. The fourth-order valence-electron chi connectivity index (χ4n) is 2.30. The first-order valence-corrected chi connectivity index (χ1v) is 6.71. The van der Waals surface area contributed by atoms with Crippen molar-refractivity contribution in [2.75, 3.05) is 40.9 Å². The highest BCUT2D eigenvalue weighted by Crippen LogP contribution is 2.17. The zero-order valence-corrected chi connectivity index (χ0v) is 12.3. The second-order valence-corrected chi connectivity index (χ2v) is 5.33. The quantitative estimate of drug-likeness (QED) is 0.811. The minimum Gasteiger partial charge on any atom is -0.383 e. The first kappa shape index (κ1) is 15.8. The average Bonchev–Trinajstić information content (AvgIpc) is 2.38. The molecule has 1 heterocycles. The van der Waals surface area contributed by atoms with Gasteiger partial charge in [0.1, 0.15) is 0 Å². The van der Waals surface area contributed by atoms with Gasteiger partial charge in [-0.15, -0.1) is 0 Å². The molecule has 0 spiro atoms. The fraction of sp³-hybridized carbons (Fsp3) is 0.846. The topological polar surface area (TPSA) is 61.9 Å². The molecule has 0 aromatic heterocycles. The van der Waals surface area contributed by atoms with Crippen LogP contribution in [0.4, 0.5) is 4.79 Å². The Bertz CT molecular complexity index is 320. The van der Waals surface area contributed by atoms with Gasteiger partial charge in [-0.05, 0) is 19.8 Å². The Kier molecular flexibility index (Phi) is 6.08. The number of hydrogen-bond donors (Lipinski definition) is 1. The maximum Gasteiger partial charge on any atom is 0.319 e. The molecule has 110 valence electrons. The summed E-state index contributed by atoms with van der Waals surface area (Å²) in [5, 5.41) is 2.92. The zero-order chi connectivity index (χ0) is 14.4. The van der Waals surface area contributed by atoms with Gasteiger partial charge in [-0.1, -0.05) is 0 Å². The van der Waals surface area contributed by atoms with Crippen molar-refractivity contribution in [2.24, 2.45) is 5.92 Å². The summed E-state index contributed by atoms with van der Waals surface area (Å²) in [4.78, 5) is 27.3. The molecule has 1 aliphatic rings. The lowest BCUT2D eigenvalue weighted by atomic mass is 9.97. The van der Waals surface area contributed by atoms with Crippen LogP contribution in [0.5, 0.6) is 0 Å². The third kappa shape index (κ3) is 4.70. The average molecular weight is 271 g/mol. The Morgan fingerprint density at radius 2 is 2.16 bits per heavy atom. The molecule has 0 unspecified atom stereocenters. The van der Waals surface area contributed by atoms with E-state index in [0.29, 0.717) is 13.2 Å². The largest absolute Gasteiger partial charge is 0.383 e. The number of ether oxygens (including phenoxy) is 1. The van der Waals surface area contributed by atoms with E-state index in [1.165, 1.54) is 0 Å². The van der Waals surface area contributed by atoms with Gasteiger partial charge in [-0.3, -0.25) is 4.79 Å². The highest BCUT2D eigenvalue weighted by Gasteiger charge is 2.29. The van der Waals surface area contributed by atoms with Crippen LogP contribution in [0, 0.1) is 5.92 Å². The highest BCUT2D eigenvalue weighted by atomic mass is 16.5. The number of amides is 3. The van der Waals surface area contributed by atoms with Gasteiger partial charge in [0.15, 0.2) is 0 Å². The predicted molar refractivity (Wildman–Crippen MR) is 72.9 cm³/mol. The molecule has 1 rings (SSSR count). The van der Waals surface area contributed by atoms with Gasteiger partial charge >= 0.3 is 6.03 Å². The van der Waals surface area contributed by atoms with Crippen LogP contribution in [-0.4, -0.2) is 68.7 Å². The SMILES string of the molecule is COC[C@@H](C)NC(=O)[C@H]1CCCN(C(=O)N(C)C)C1. The molecule has 0 aromatic rings. The van der Waals surface area contributed by atoms with Crippen molar-refractivity contribution in [3.05, 3.63) is 0 Å². The lowest BCUT2D eigenvalue weighted by Crippen LogP contribution is -2.50. The number of hydrogen-bond acceptors (Lipinski definition) is 3. The predicted octanol–water partition coefficient (Wildman–Crippen LogP) is 0.531. The number of likely N-dealkylation sites (tertiary alicyclic amines) is 1. The molecule has 2 atom stereocenters. The van der Waals surface area contributed by atoms with Crippen LogP contribution in [0.2, 0.25) is 0 Å². The molecule has 3 amide bonds. The minimum atomic E-state index is -0.114. The van der Waals surface area contributed by atoms with Crippen LogP contribution in [0.25, 0.3) is 0 Å². The van der Waals surface area contributed by atoms with Crippen LogP contribution in [-0.2, 0) is 9.53 Å². The molecule has 0 saturated carbocycles. The summed E-state index contributed by atoms with van der Waals surface area (Å²) < 4.78 is 5.00. The van der Waals surface area contributed by atoms with E-state index in [1.807, 2.05) is 6.92 Å². The van der Waals surface area contributed by atoms with Crippen molar-refractivity contribution < 1.29 is 14.3 Å². The molecule has 0 radical (unpaired) electrons. The van der Waals surface area contributed by atoms with E-state index in [0.717, 1.165) is 19.4 Å². The summed E-state index contributed by atoms with van der Waals surface area (Å²) in [5.41, 5.74) is 0. The van der Waals surface area contributed by atoms with Crippen LogP contribution >= 0.6 is 0 Å². The number of piperidine rings is 1. The van der Waals surface area contributed by atoms with Crippen molar-refractivity contribution in [1.29, 1.82) is 0 Å². The van der Waals surface area contributed by atoms with Gasteiger partial charge < -0.3 is 19.9 Å². The number of carbonyl (C=O) groups is 2. The Labute approximate surface area is 115 Å². The van der Waals surface area contributed by atoms with E-state index in [2.05, 4.69) is 5.32 Å². The molecule has 1 fully saturated rings. The summed E-state index contributed by atoms with van der Waals surface area (Å²) in [5.74, 6) is -0.0993. The van der Waals surface area contributed by atoms with Gasteiger partial charge in [-0.2, -0.15) is 0 Å². The van der Waals surface area contributed by atoms with Gasteiger partial charge in [0.2, 0.25) is 5.91 Å². The molecule has 1 saturated heterocycles. The summed E-state index contributed by atoms with van der Waals surface area (Å²) in [6, 6.07) is -0.0279. The van der Waals surface area contributed by atoms with E-state index >= 15 is 0 Å². The van der Waals surface area contributed by atoms with Crippen LogP contribution < -0.4 is 5.32 Å². The summed E-state index contributed by atoms with van der Waals surface area (Å²) in [7, 11) is 5.07. The Morgan fingerprint density at radius 3 is 2.74 bits per heavy atom. The van der Waals surface area contributed by atoms with Crippen molar-refractivity contribution in [1.82, 2.24) is 15.1 Å². The smallest absolute Gasteiger partial charge is 0.319 e. The third-order valence-corrected chi connectivity index (χ3v) is 3.25. The normalized spacial score (nSPS) is 20.8. The first-order chi connectivity index (χ1) is 8.95. The molecular formula is C13H25N3O3. The van der Waals surface area contributed by atoms with E-state index in [1.54, 1.807) is 31.0 Å². The van der Waals surface area contributed by atoms with Crippen LogP contribution in [0.1, 0.15) is 19.8 Å². The molecule has 6 nitrogen and oxygen atoms in total. The highest BCUT2D eigenvalue weighted by molar-refractivity contribution is 5.81. The van der Waals surface area contributed by atoms with E-state index in [4.69, 9.17) is 4.74 Å². The summed E-state index contributed by atoms with van der Waals surface area (Å²) in [6.07, 6.45) is 1.71. The molecule has 0 bridgehead atoms. The second kappa shape index (κ2) is 7.33. The lowest BCUT2D eigenvalue weighted by Gasteiger charge is -2.34. The van der Waals surface area contributed by atoms with Gasteiger partial charge in [-0.25, -0.2) is 4.79 Å². The second-order valence-electron chi connectivity index (χ2n) is 5.33. The molecule has 6 heteroatoms. The molecule has 0 aliphatic carbocycles. The van der Waals surface area contributed by atoms with E-state index in [-0.39, 0.29) is 23.9 Å². The summed E-state index contributed by atoms with van der Waals surface area (Å²) in [6.45, 7) is 3.64. The fourth-order valence-corrected chi connectivity index (χ4v) is 2.30. The number of nitrogens with zero attached hydrogens (tertiary/aromatic N) is 2. The Morgan fingerprint density at radius 1 is 1.47 bits per heavy atom. The van der Waals surface area contributed by atoms with E-state index in [9.17, 15) is 9.59 Å². The van der Waals surface area contributed by atoms with Gasteiger partial charge in [0.05, 0.1) is 12.5 Å². The van der Waals surface area contributed by atoms with Gasteiger partial charge in [0.25, 0.3) is 0 Å². The molecule has 1 N–H and O–H groups in total. The standard InChI is InChI=1S/C13H25N3O3/c1-10(9-19-4)14-12(17)11-6-5-7-16(8-11)13(18)15(2)3/h10-11H,5-9H2,1-4H3,(H,14,17)/t10-,11+/m1/s1. The number of urea groups is 1. The summed E-state index contributed by atoms with van der Waals surface area (Å²) >= 11 is 0. The van der Waals surface area contributed by atoms with Crippen molar-refractivity contribution in [2.45, 2.75) is 25.8 Å². The monoisotopic (exact) mass is 271 g/mol. The third-order valence-electron chi connectivity index (χ3n) is 3.25. The molecule has 19 heavy (non-hydrogen) atoms. The van der Waals surface area contributed by atoms with Gasteiger partial charge in [0, 0.05) is 40.3 Å². The van der Waals surface area contributed by atoms with Crippen molar-refractivity contribution >= 4 is 11.9 Å². The molecule has 0 aromatic carbocycles. The van der Waals surface area contributed by atoms with Crippen molar-refractivity contribution in [3.8, 4) is 0 Å². The lowest BCUT2D eigenvalue weighted by molar-refractivity contribution is -0.127. The molecular weight excluding hydrogens is 246 g/mol. The number of methoxy groups -OCH3 is 1. The number of nitrogens with one attached hydrogen (secondary N) is 1. The van der Waals surface area contributed by atoms with Crippen LogP contribution in [0.3, 0.4) is 0 Å². The zero-order valence-electron chi connectivity index (χ0n) is 12.3. The van der Waals surface area contributed by atoms with Crippen LogP contribution in [0.15, 0.2) is 0 Å². The molecule has 1 aliphatic heterocycles. The van der Waals surface area contributed by atoms with E-state index < -0.39 is 0 Å². The number of carbonyl (C=O) groups excluding carboxylic acids is 2. The minimum absolute atomic E-state index is 0.00238.